The van der Waals surface area contributed by atoms with Crippen LogP contribution in [0.4, 0.5) is 0 Å². The summed E-state index contributed by atoms with van der Waals surface area (Å²) in [5.41, 5.74) is 1.80. The van der Waals surface area contributed by atoms with Crippen LogP contribution in [0.3, 0.4) is 0 Å². The number of hydrogen-bond donors (Lipinski definition) is 0. The van der Waals surface area contributed by atoms with E-state index in [9.17, 15) is 4.79 Å². The highest BCUT2D eigenvalue weighted by atomic mass is 16.5. The summed E-state index contributed by atoms with van der Waals surface area (Å²) in [4.78, 5) is 14.9. The lowest BCUT2D eigenvalue weighted by Gasteiger charge is -2.34. The summed E-state index contributed by atoms with van der Waals surface area (Å²) in [7, 11) is 1.91. The lowest BCUT2D eigenvalue weighted by Crippen LogP contribution is -2.42. The quantitative estimate of drug-likeness (QED) is 0.730. The van der Waals surface area contributed by atoms with Gasteiger partial charge in [-0.15, -0.1) is 0 Å². The molecule has 1 fully saturated rings. The molecule has 146 valence electrons. The summed E-state index contributed by atoms with van der Waals surface area (Å²) >= 11 is 0. The van der Waals surface area contributed by atoms with Crippen LogP contribution in [0.5, 0.6) is 0 Å². The number of carbonyl (C=O) groups excluding carboxylic acids is 1. The van der Waals surface area contributed by atoms with Gasteiger partial charge in [-0.05, 0) is 43.4 Å². The van der Waals surface area contributed by atoms with E-state index in [1.165, 1.54) is 0 Å². The first-order chi connectivity index (χ1) is 13.2. The number of amides is 1. The van der Waals surface area contributed by atoms with E-state index < -0.39 is 0 Å². The Bertz CT molecular complexity index is 763. The summed E-state index contributed by atoms with van der Waals surface area (Å²) in [6.45, 7) is 4.46. The average molecular weight is 372 g/mol. The van der Waals surface area contributed by atoms with Crippen LogP contribution < -0.4 is 0 Å². The van der Waals surface area contributed by atoms with Crippen LogP contribution in [0.15, 0.2) is 30.6 Å². The second-order valence-electron chi connectivity index (χ2n) is 7.53. The number of ether oxygens (including phenoxy) is 2. The van der Waals surface area contributed by atoms with Gasteiger partial charge in [-0.25, -0.2) is 0 Å². The number of rotatable bonds is 6. The van der Waals surface area contributed by atoms with Crippen LogP contribution in [0.1, 0.15) is 41.5 Å². The number of aryl methyl sites for hydroxylation is 1. The fourth-order valence-corrected chi connectivity index (χ4v) is 3.98. The van der Waals surface area contributed by atoms with Crippen LogP contribution in [0, 0.1) is 5.92 Å². The molecule has 0 aromatic carbocycles. The second-order valence-corrected chi connectivity index (χ2v) is 7.53. The molecule has 0 saturated carbocycles. The van der Waals surface area contributed by atoms with E-state index >= 15 is 0 Å². The molecule has 1 atom stereocenters. The van der Waals surface area contributed by atoms with Gasteiger partial charge < -0.3 is 18.9 Å². The van der Waals surface area contributed by atoms with Crippen molar-refractivity contribution in [1.29, 1.82) is 0 Å². The smallest absolute Gasteiger partial charge is 0.270 e. The van der Waals surface area contributed by atoms with E-state index in [2.05, 4.69) is 9.78 Å². The zero-order valence-electron chi connectivity index (χ0n) is 15.9. The minimum absolute atomic E-state index is 0.0723. The Morgan fingerprint density at radius 1 is 1.33 bits per heavy atom. The van der Waals surface area contributed by atoms with Crippen molar-refractivity contribution in [2.45, 2.75) is 31.8 Å². The van der Waals surface area contributed by atoms with Crippen LogP contribution in [-0.4, -0.2) is 58.1 Å². The van der Waals surface area contributed by atoms with Gasteiger partial charge in [0.25, 0.3) is 5.91 Å². The SMILES string of the molecule is Cn1cccc1C(=O)N1Cc2ccnn2[C@H](CCOCC2CCOCC2)C1. The monoisotopic (exact) mass is 372 g/mol. The van der Waals surface area contributed by atoms with Crippen LogP contribution in [0.2, 0.25) is 0 Å². The minimum atomic E-state index is 0.0723. The molecule has 7 nitrogen and oxygen atoms in total. The number of fused-ring (bicyclic) bond motifs is 1. The maximum absolute atomic E-state index is 12.9. The van der Waals surface area contributed by atoms with Gasteiger partial charge in [0.1, 0.15) is 5.69 Å². The number of hydrogen-bond acceptors (Lipinski definition) is 4. The van der Waals surface area contributed by atoms with Crippen molar-refractivity contribution in [3.05, 3.63) is 42.0 Å². The second kappa shape index (κ2) is 8.27. The molecule has 0 unspecified atom stereocenters. The molecule has 4 heterocycles. The van der Waals surface area contributed by atoms with Crippen LogP contribution >= 0.6 is 0 Å². The highest BCUT2D eigenvalue weighted by Gasteiger charge is 2.29. The first-order valence-electron chi connectivity index (χ1n) is 9.81. The number of aromatic nitrogens is 3. The molecular weight excluding hydrogens is 344 g/mol. The Morgan fingerprint density at radius 3 is 2.96 bits per heavy atom. The Balaban J connectivity index is 1.35. The number of nitrogens with zero attached hydrogens (tertiary/aromatic N) is 4. The van der Waals surface area contributed by atoms with Crippen molar-refractivity contribution < 1.29 is 14.3 Å². The van der Waals surface area contributed by atoms with Crippen molar-refractivity contribution >= 4 is 5.91 Å². The zero-order valence-corrected chi connectivity index (χ0v) is 15.9. The Kier molecular flexibility index (Phi) is 5.59. The third kappa shape index (κ3) is 4.09. The van der Waals surface area contributed by atoms with E-state index in [4.69, 9.17) is 9.47 Å². The zero-order chi connectivity index (χ0) is 18.6. The molecule has 27 heavy (non-hydrogen) atoms. The van der Waals surface area contributed by atoms with Crippen molar-refractivity contribution in [3.63, 3.8) is 0 Å². The van der Waals surface area contributed by atoms with Crippen molar-refractivity contribution in [1.82, 2.24) is 19.2 Å². The van der Waals surface area contributed by atoms with Gasteiger partial charge in [0.05, 0.1) is 18.3 Å². The van der Waals surface area contributed by atoms with Gasteiger partial charge in [-0.3, -0.25) is 9.48 Å². The fourth-order valence-electron chi connectivity index (χ4n) is 3.98. The molecule has 4 rings (SSSR count). The molecule has 0 spiro atoms. The predicted octanol–water partition coefficient (Wildman–Crippen LogP) is 2.25. The van der Waals surface area contributed by atoms with E-state index in [1.807, 2.05) is 47.1 Å². The molecule has 0 aliphatic carbocycles. The maximum atomic E-state index is 12.9. The molecule has 0 bridgehead atoms. The van der Waals surface area contributed by atoms with Crippen LogP contribution in [0.25, 0.3) is 0 Å². The highest BCUT2D eigenvalue weighted by molar-refractivity contribution is 5.92. The van der Waals surface area contributed by atoms with Gasteiger partial charge in [0.15, 0.2) is 0 Å². The predicted molar refractivity (Wildman–Crippen MR) is 100 cm³/mol. The molecule has 1 amide bonds. The largest absolute Gasteiger partial charge is 0.381 e. The van der Waals surface area contributed by atoms with Crippen molar-refractivity contribution in [3.8, 4) is 0 Å². The van der Waals surface area contributed by atoms with Gasteiger partial charge in [0.2, 0.25) is 0 Å². The lowest BCUT2D eigenvalue weighted by atomic mass is 10.0. The third-order valence-electron chi connectivity index (χ3n) is 5.62. The molecule has 2 aromatic rings. The molecular formula is C20H28N4O3. The standard InChI is InChI=1S/C20H28N4O3/c1-22-9-2-3-19(22)20(25)23-13-17-4-8-21-24(17)18(14-23)7-12-27-15-16-5-10-26-11-6-16/h2-4,8-9,16,18H,5-7,10-15H2,1H3/t18-/m1/s1. The maximum Gasteiger partial charge on any atom is 0.270 e. The summed E-state index contributed by atoms with van der Waals surface area (Å²) in [6, 6.07) is 5.94. The van der Waals surface area contributed by atoms with Crippen molar-refractivity contribution in [2.75, 3.05) is 33.0 Å². The molecule has 2 aliphatic heterocycles. The molecule has 2 aliphatic rings. The van der Waals surface area contributed by atoms with Crippen LogP contribution in [-0.2, 0) is 23.1 Å². The summed E-state index contributed by atoms with van der Waals surface area (Å²) in [5, 5.41) is 4.48. The van der Waals surface area contributed by atoms with Crippen molar-refractivity contribution in [2.24, 2.45) is 13.0 Å². The number of carbonyl (C=O) groups is 1. The third-order valence-corrected chi connectivity index (χ3v) is 5.62. The van der Waals surface area contributed by atoms with Gasteiger partial charge >= 0.3 is 0 Å². The first-order valence-corrected chi connectivity index (χ1v) is 9.81. The van der Waals surface area contributed by atoms with E-state index in [1.54, 1.807) is 0 Å². The fraction of sp³-hybridized carbons (Fsp3) is 0.600. The summed E-state index contributed by atoms with van der Waals surface area (Å²) in [5.74, 6) is 0.684. The van der Waals surface area contributed by atoms with Gasteiger partial charge in [-0.2, -0.15) is 5.10 Å². The van der Waals surface area contributed by atoms with E-state index in [0.717, 1.165) is 50.5 Å². The molecule has 0 radical (unpaired) electrons. The Hall–Kier alpha value is -2.12. The highest BCUT2D eigenvalue weighted by Crippen LogP contribution is 2.25. The summed E-state index contributed by atoms with van der Waals surface area (Å²) in [6.07, 6.45) is 6.76. The minimum Gasteiger partial charge on any atom is -0.381 e. The molecule has 7 heteroatoms. The molecule has 0 N–H and O–H groups in total. The Labute approximate surface area is 159 Å². The van der Waals surface area contributed by atoms with Gasteiger partial charge in [-0.1, -0.05) is 0 Å². The molecule has 1 saturated heterocycles. The molecule has 2 aromatic heterocycles. The Morgan fingerprint density at radius 2 is 2.19 bits per heavy atom. The van der Waals surface area contributed by atoms with Gasteiger partial charge in [0, 0.05) is 52.4 Å². The normalized spacial score (nSPS) is 20.6. The van der Waals surface area contributed by atoms with E-state index in [0.29, 0.717) is 25.6 Å². The van der Waals surface area contributed by atoms with E-state index in [-0.39, 0.29) is 11.9 Å². The average Bonchev–Trinajstić information content (AvgIpc) is 3.34. The summed E-state index contributed by atoms with van der Waals surface area (Å²) < 4.78 is 15.3. The topological polar surface area (TPSA) is 61.5 Å². The lowest BCUT2D eigenvalue weighted by molar-refractivity contribution is 0.0156. The first kappa shape index (κ1) is 18.3.